The largest absolute Gasteiger partial charge is 0.497 e. The Balaban J connectivity index is 1.75. The number of anilines is 1. The monoisotopic (exact) mass is 310 g/mol. The van der Waals surface area contributed by atoms with Crippen LogP contribution in [0.1, 0.15) is 5.56 Å². The Morgan fingerprint density at radius 3 is 2.82 bits per heavy atom. The summed E-state index contributed by atoms with van der Waals surface area (Å²) in [5.41, 5.74) is 0.965. The third-order valence-electron chi connectivity index (χ3n) is 3.16. The summed E-state index contributed by atoms with van der Waals surface area (Å²) in [4.78, 5) is 15.8. The fourth-order valence-electron chi connectivity index (χ4n) is 2.08. The predicted octanol–water partition coefficient (Wildman–Crippen LogP) is 3.96. The molecule has 0 spiro atoms. The molecule has 4 nitrogen and oxygen atoms in total. The number of aromatic nitrogens is 1. The molecule has 3 rings (SSSR count). The van der Waals surface area contributed by atoms with Crippen LogP contribution in [0.15, 0.2) is 54.1 Å². The second-order valence-corrected chi connectivity index (χ2v) is 5.53. The average molecular weight is 310 g/mol. The van der Waals surface area contributed by atoms with Crippen LogP contribution in [0.3, 0.4) is 0 Å². The molecule has 1 heterocycles. The molecule has 0 aliphatic rings. The number of hydrogen-bond acceptors (Lipinski definition) is 4. The Kier molecular flexibility index (Phi) is 4.16. The summed E-state index contributed by atoms with van der Waals surface area (Å²) >= 11 is 1.39. The Bertz CT molecular complexity index is 826. The molecule has 22 heavy (non-hydrogen) atoms. The number of thiazole rings is 1. The van der Waals surface area contributed by atoms with Gasteiger partial charge in [-0.3, -0.25) is 10.1 Å². The number of rotatable bonds is 4. The molecule has 0 saturated heterocycles. The Labute approximate surface area is 132 Å². The molecule has 0 radical (unpaired) electrons. The van der Waals surface area contributed by atoms with Crippen molar-refractivity contribution in [3.05, 3.63) is 59.6 Å². The molecular formula is C17H14N2O2S. The maximum Gasteiger partial charge on any atom is 0.250 e. The van der Waals surface area contributed by atoms with E-state index in [9.17, 15) is 4.79 Å². The van der Waals surface area contributed by atoms with Crippen LogP contribution in [0.25, 0.3) is 16.8 Å². The van der Waals surface area contributed by atoms with Crippen LogP contribution >= 0.6 is 11.3 Å². The summed E-state index contributed by atoms with van der Waals surface area (Å²) in [5, 5.41) is 7.32. The number of amides is 1. The molecule has 0 aliphatic carbocycles. The first-order valence-corrected chi connectivity index (χ1v) is 7.59. The van der Waals surface area contributed by atoms with Crippen molar-refractivity contribution < 1.29 is 9.53 Å². The van der Waals surface area contributed by atoms with Crippen LogP contribution in [-0.4, -0.2) is 18.0 Å². The highest BCUT2D eigenvalue weighted by Crippen LogP contribution is 2.22. The Hall–Kier alpha value is -2.66. The van der Waals surface area contributed by atoms with Crippen molar-refractivity contribution in [3.8, 4) is 5.75 Å². The lowest BCUT2D eigenvalue weighted by molar-refractivity contribution is -0.111. The van der Waals surface area contributed by atoms with Gasteiger partial charge in [-0.2, -0.15) is 0 Å². The maximum atomic E-state index is 11.8. The maximum absolute atomic E-state index is 11.8. The number of ether oxygens (including phenoxy) is 1. The van der Waals surface area contributed by atoms with Crippen LogP contribution in [0.5, 0.6) is 5.75 Å². The highest BCUT2D eigenvalue weighted by atomic mass is 32.1. The molecule has 0 saturated carbocycles. The zero-order valence-corrected chi connectivity index (χ0v) is 12.8. The van der Waals surface area contributed by atoms with Gasteiger partial charge in [-0.25, -0.2) is 4.98 Å². The lowest BCUT2D eigenvalue weighted by Gasteiger charge is -2.03. The fraction of sp³-hybridized carbons (Fsp3) is 0.0588. The first kappa shape index (κ1) is 14.3. The summed E-state index contributed by atoms with van der Waals surface area (Å²) in [6.07, 6.45) is 4.94. The first-order valence-electron chi connectivity index (χ1n) is 6.71. The molecule has 5 heteroatoms. The summed E-state index contributed by atoms with van der Waals surface area (Å²) < 4.78 is 5.21. The van der Waals surface area contributed by atoms with Crippen LogP contribution in [-0.2, 0) is 4.79 Å². The molecule has 0 fully saturated rings. The van der Waals surface area contributed by atoms with Gasteiger partial charge in [0, 0.05) is 17.7 Å². The van der Waals surface area contributed by atoms with Gasteiger partial charge < -0.3 is 4.74 Å². The second kappa shape index (κ2) is 6.41. The summed E-state index contributed by atoms with van der Waals surface area (Å²) in [6.45, 7) is 0. The number of methoxy groups -OCH3 is 1. The molecule has 0 atom stereocenters. The van der Waals surface area contributed by atoms with Gasteiger partial charge in [0.1, 0.15) is 5.75 Å². The normalized spacial score (nSPS) is 11.0. The van der Waals surface area contributed by atoms with Gasteiger partial charge in [0.05, 0.1) is 7.11 Å². The number of carbonyl (C=O) groups excluding carboxylic acids is 1. The highest BCUT2D eigenvalue weighted by Gasteiger charge is 2.00. The average Bonchev–Trinajstić information content (AvgIpc) is 3.05. The van der Waals surface area contributed by atoms with E-state index in [1.807, 2.05) is 41.8 Å². The molecule has 1 aromatic heterocycles. The number of hydrogen-bond donors (Lipinski definition) is 1. The highest BCUT2D eigenvalue weighted by molar-refractivity contribution is 7.13. The van der Waals surface area contributed by atoms with E-state index in [0.29, 0.717) is 5.13 Å². The van der Waals surface area contributed by atoms with E-state index >= 15 is 0 Å². The van der Waals surface area contributed by atoms with E-state index in [2.05, 4.69) is 10.3 Å². The lowest BCUT2D eigenvalue weighted by atomic mass is 10.1. The number of fused-ring (bicyclic) bond motifs is 1. The van der Waals surface area contributed by atoms with Crippen molar-refractivity contribution in [3.63, 3.8) is 0 Å². The SMILES string of the molecule is COc1ccc2cc(/C=C/C(=O)Nc3nccs3)ccc2c1. The Morgan fingerprint density at radius 2 is 2.05 bits per heavy atom. The molecule has 3 aromatic rings. The number of carbonyl (C=O) groups is 1. The van der Waals surface area contributed by atoms with Gasteiger partial charge >= 0.3 is 0 Å². The van der Waals surface area contributed by atoms with Crippen molar-refractivity contribution in [2.75, 3.05) is 12.4 Å². The summed E-state index contributed by atoms with van der Waals surface area (Å²) in [7, 11) is 1.65. The molecule has 1 N–H and O–H groups in total. The van der Waals surface area contributed by atoms with Gasteiger partial charge in [0.25, 0.3) is 0 Å². The summed E-state index contributed by atoms with van der Waals surface area (Å²) in [5.74, 6) is 0.642. The predicted molar refractivity (Wildman–Crippen MR) is 90.3 cm³/mol. The molecule has 1 amide bonds. The van der Waals surface area contributed by atoms with Crippen LogP contribution in [0.2, 0.25) is 0 Å². The minimum Gasteiger partial charge on any atom is -0.497 e. The zero-order chi connectivity index (χ0) is 15.4. The molecule has 2 aromatic carbocycles. The van der Waals surface area contributed by atoms with E-state index < -0.39 is 0 Å². The third kappa shape index (κ3) is 3.32. The van der Waals surface area contributed by atoms with Crippen molar-refractivity contribution >= 4 is 39.2 Å². The van der Waals surface area contributed by atoms with E-state index in [-0.39, 0.29) is 5.91 Å². The van der Waals surface area contributed by atoms with E-state index in [0.717, 1.165) is 22.1 Å². The number of nitrogens with zero attached hydrogens (tertiary/aromatic N) is 1. The van der Waals surface area contributed by atoms with E-state index in [1.165, 1.54) is 17.4 Å². The van der Waals surface area contributed by atoms with Crippen molar-refractivity contribution in [2.24, 2.45) is 0 Å². The quantitative estimate of drug-likeness (QED) is 0.742. The minimum atomic E-state index is -0.190. The molecule has 0 aliphatic heterocycles. The molecular weight excluding hydrogens is 296 g/mol. The zero-order valence-electron chi connectivity index (χ0n) is 11.9. The topological polar surface area (TPSA) is 51.2 Å². The number of benzene rings is 2. The van der Waals surface area contributed by atoms with E-state index in [1.54, 1.807) is 19.4 Å². The number of nitrogens with one attached hydrogen (secondary N) is 1. The lowest BCUT2D eigenvalue weighted by Crippen LogP contribution is -2.06. The standard InChI is InChI=1S/C17H14N2O2S/c1-21-15-6-5-13-10-12(2-4-14(13)11-15)3-7-16(20)19-17-18-8-9-22-17/h2-11H,1H3,(H,18,19,20)/b7-3+. The fourth-order valence-corrected chi connectivity index (χ4v) is 2.61. The van der Waals surface area contributed by atoms with Gasteiger partial charge in [-0.05, 0) is 40.6 Å². The summed E-state index contributed by atoms with van der Waals surface area (Å²) in [6, 6.07) is 11.9. The van der Waals surface area contributed by atoms with Crippen molar-refractivity contribution in [1.82, 2.24) is 4.98 Å². The second-order valence-electron chi connectivity index (χ2n) is 4.63. The van der Waals surface area contributed by atoms with Crippen molar-refractivity contribution in [1.29, 1.82) is 0 Å². The Morgan fingerprint density at radius 1 is 1.23 bits per heavy atom. The van der Waals surface area contributed by atoms with Crippen LogP contribution in [0, 0.1) is 0 Å². The smallest absolute Gasteiger partial charge is 0.250 e. The van der Waals surface area contributed by atoms with Crippen LogP contribution in [0.4, 0.5) is 5.13 Å². The van der Waals surface area contributed by atoms with Gasteiger partial charge in [-0.1, -0.05) is 18.2 Å². The first-order chi connectivity index (χ1) is 10.7. The van der Waals surface area contributed by atoms with E-state index in [4.69, 9.17) is 4.74 Å². The van der Waals surface area contributed by atoms with Gasteiger partial charge in [-0.15, -0.1) is 11.3 Å². The van der Waals surface area contributed by atoms with Gasteiger partial charge in [0.2, 0.25) is 5.91 Å². The molecule has 110 valence electrons. The molecule has 0 unspecified atom stereocenters. The third-order valence-corrected chi connectivity index (χ3v) is 3.85. The van der Waals surface area contributed by atoms with Crippen LogP contribution < -0.4 is 10.1 Å². The minimum absolute atomic E-state index is 0.190. The molecule has 0 bridgehead atoms. The van der Waals surface area contributed by atoms with Crippen molar-refractivity contribution in [2.45, 2.75) is 0 Å². The van der Waals surface area contributed by atoms with Gasteiger partial charge in [0.15, 0.2) is 5.13 Å².